The van der Waals surface area contributed by atoms with Crippen molar-refractivity contribution < 1.29 is 9.47 Å². The first kappa shape index (κ1) is 18.1. The van der Waals surface area contributed by atoms with Crippen LogP contribution in [0.4, 0.5) is 5.69 Å². The molecule has 0 bridgehead atoms. The molecule has 2 rings (SSSR count). The maximum atomic E-state index is 5.65. The second-order valence-electron chi connectivity index (χ2n) is 5.87. The van der Waals surface area contributed by atoms with E-state index in [9.17, 15) is 0 Å². The normalized spacial score (nSPS) is 10.7. The van der Waals surface area contributed by atoms with Gasteiger partial charge in [0.05, 0.1) is 12.7 Å². The van der Waals surface area contributed by atoms with Crippen molar-refractivity contribution in [3.05, 3.63) is 54.1 Å². The van der Waals surface area contributed by atoms with E-state index in [2.05, 4.69) is 22.8 Å². The van der Waals surface area contributed by atoms with Crippen molar-refractivity contribution in [1.29, 1.82) is 0 Å². The van der Waals surface area contributed by atoms with E-state index in [4.69, 9.17) is 9.47 Å². The minimum Gasteiger partial charge on any atom is -0.494 e. The average Bonchev–Trinajstić information content (AvgIpc) is 2.57. The number of hydrogen-bond acceptors (Lipinski definition) is 4. The zero-order valence-corrected chi connectivity index (χ0v) is 14.8. The van der Waals surface area contributed by atoms with Crippen LogP contribution < -0.4 is 20.1 Å². The Balaban J connectivity index is 1.64. The molecule has 4 nitrogen and oxygen atoms in total. The number of nitrogens with one attached hydrogen (secondary N) is 2. The first-order valence-electron chi connectivity index (χ1n) is 8.60. The van der Waals surface area contributed by atoms with Gasteiger partial charge >= 0.3 is 0 Å². The molecule has 2 aromatic rings. The van der Waals surface area contributed by atoms with Gasteiger partial charge in [0, 0.05) is 25.3 Å². The van der Waals surface area contributed by atoms with E-state index in [1.165, 1.54) is 5.56 Å². The number of anilines is 1. The molecule has 0 aromatic heterocycles. The maximum absolute atomic E-state index is 5.65. The van der Waals surface area contributed by atoms with Gasteiger partial charge in [-0.1, -0.05) is 12.1 Å². The summed E-state index contributed by atoms with van der Waals surface area (Å²) in [6, 6.07) is 16.3. The highest BCUT2D eigenvalue weighted by Gasteiger charge is 1.98. The Morgan fingerprint density at radius 3 is 2.17 bits per heavy atom. The van der Waals surface area contributed by atoms with Gasteiger partial charge < -0.3 is 20.1 Å². The van der Waals surface area contributed by atoms with E-state index in [1.807, 2.05) is 57.2 Å². The highest BCUT2D eigenvalue weighted by Crippen LogP contribution is 2.15. The molecular weight excluding hydrogens is 300 g/mol. The van der Waals surface area contributed by atoms with Crippen molar-refractivity contribution in [2.75, 3.05) is 25.0 Å². The fraction of sp³-hybridized carbons (Fsp3) is 0.400. The van der Waals surface area contributed by atoms with Gasteiger partial charge in [-0.2, -0.15) is 0 Å². The van der Waals surface area contributed by atoms with Gasteiger partial charge in [-0.05, 0) is 62.7 Å². The van der Waals surface area contributed by atoms with Crippen molar-refractivity contribution in [3.8, 4) is 11.5 Å². The molecule has 0 radical (unpaired) electrons. The van der Waals surface area contributed by atoms with Crippen LogP contribution in [0.5, 0.6) is 11.5 Å². The van der Waals surface area contributed by atoms with Crippen LogP contribution in [0.3, 0.4) is 0 Å². The second kappa shape index (κ2) is 9.83. The Morgan fingerprint density at radius 2 is 1.54 bits per heavy atom. The lowest BCUT2D eigenvalue weighted by atomic mass is 10.2. The lowest BCUT2D eigenvalue weighted by Gasteiger charge is -2.11. The summed E-state index contributed by atoms with van der Waals surface area (Å²) in [5, 5.41) is 6.83. The third-order valence-electron chi connectivity index (χ3n) is 3.42. The summed E-state index contributed by atoms with van der Waals surface area (Å²) < 4.78 is 11.1. The number of benzene rings is 2. The van der Waals surface area contributed by atoms with E-state index in [0.29, 0.717) is 6.61 Å². The lowest BCUT2D eigenvalue weighted by molar-refractivity contribution is 0.242. The highest BCUT2D eigenvalue weighted by atomic mass is 16.5. The van der Waals surface area contributed by atoms with Crippen LogP contribution in [0.1, 0.15) is 26.3 Å². The van der Waals surface area contributed by atoms with Crippen LogP contribution in [0.15, 0.2) is 48.5 Å². The van der Waals surface area contributed by atoms with Crippen LogP contribution in [-0.4, -0.2) is 25.8 Å². The first-order chi connectivity index (χ1) is 11.7. The minimum absolute atomic E-state index is 0.211. The van der Waals surface area contributed by atoms with Crippen LogP contribution >= 0.6 is 0 Å². The van der Waals surface area contributed by atoms with Gasteiger partial charge in [0.15, 0.2) is 0 Å². The van der Waals surface area contributed by atoms with Crippen molar-refractivity contribution in [3.63, 3.8) is 0 Å². The molecule has 0 amide bonds. The SMILES string of the molecule is CCOc1ccc(NCCNCc2ccc(OC(C)C)cc2)cc1. The molecule has 0 aliphatic carbocycles. The molecule has 130 valence electrons. The molecule has 0 saturated carbocycles. The molecule has 0 atom stereocenters. The topological polar surface area (TPSA) is 42.5 Å². The van der Waals surface area contributed by atoms with E-state index in [0.717, 1.165) is 36.8 Å². The molecule has 0 heterocycles. The Kier molecular flexibility index (Phi) is 7.43. The minimum atomic E-state index is 0.211. The molecule has 0 fully saturated rings. The molecule has 2 N–H and O–H groups in total. The van der Waals surface area contributed by atoms with Crippen LogP contribution in [0, 0.1) is 0 Å². The summed E-state index contributed by atoms with van der Waals surface area (Å²) in [6.07, 6.45) is 0.211. The molecule has 0 aliphatic rings. The molecule has 0 aliphatic heterocycles. The van der Waals surface area contributed by atoms with Crippen molar-refractivity contribution in [2.45, 2.75) is 33.4 Å². The molecule has 0 saturated heterocycles. The second-order valence-corrected chi connectivity index (χ2v) is 5.87. The monoisotopic (exact) mass is 328 g/mol. The standard InChI is InChI=1S/C20H28N2O2/c1-4-23-19-11-7-18(8-12-19)22-14-13-21-15-17-5-9-20(10-6-17)24-16(2)3/h5-12,16,21-22H,4,13-15H2,1-3H3. The van der Waals surface area contributed by atoms with Crippen molar-refractivity contribution in [2.24, 2.45) is 0 Å². The Morgan fingerprint density at radius 1 is 0.875 bits per heavy atom. The third kappa shape index (κ3) is 6.50. The molecular formula is C20H28N2O2. The quantitative estimate of drug-likeness (QED) is 0.645. The van der Waals surface area contributed by atoms with Gasteiger partial charge in [0.1, 0.15) is 11.5 Å². The first-order valence-corrected chi connectivity index (χ1v) is 8.60. The number of ether oxygens (including phenoxy) is 2. The van der Waals surface area contributed by atoms with Crippen LogP contribution in [0.25, 0.3) is 0 Å². The van der Waals surface area contributed by atoms with Crippen molar-refractivity contribution >= 4 is 5.69 Å². The Labute approximate surface area is 145 Å². The predicted octanol–water partition coefficient (Wildman–Crippen LogP) is 4.07. The van der Waals surface area contributed by atoms with E-state index < -0.39 is 0 Å². The van der Waals surface area contributed by atoms with Crippen molar-refractivity contribution in [1.82, 2.24) is 5.32 Å². The van der Waals surface area contributed by atoms with Gasteiger partial charge in [-0.15, -0.1) is 0 Å². The zero-order chi connectivity index (χ0) is 17.2. The predicted molar refractivity (Wildman–Crippen MR) is 100 cm³/mol. The van der Waals surface area contributed by atoms with E-state index >= 15 is 0 Å². The molecule has 0 spiro atoms. The van der Waals surface area contributed by atoms with Gasteiger partial charge in [0.25, 0.3) is 0 Å². The summed E-state index contributed by atoms with van der Waals surface area (Å²) in [5.41, 5.74) is 2.36. The Bertz CT molecular complexity index is 580. The average molecular weight is 328 g/mol. The summed E-state index contributed by atoms with van der Waals surface area (Å²) >= 11 is 0. The number of hydrogen-bond donors (Lipinski definition) is 2. The van der Waals surface area contributed by atoms with Crippen LogP contribution in [-0.2, 0) is 6.54 Å². The lowest BCUT2D eigenvalue weighted by Crippen LogP contribution is -2.21. The van der Waals surface area contributed by atoms with Gasteiger partial charge in [-0.3, -0.25) is 0 Å². The largest absolute Gasteiger partial charge is 0.494 e. The summed E-state index contributed by atoms with van der Waals surface area (Å²) in [5.74, 6) is 1.83. The summed E-state index contributed by atoms with van der Waals surface area (Å²) in [7, 11) is 0. The van der Waals surface area contributed by atoms with Gasteiger partial charge in [-0.25, -0.2) is 0 Å². The molecule has 0 unspecified atom stereocenters. The maximum Gasteiger partial charge on any atom is 0.119 e. The fourth-order valence-corrected chi connectivity index (χ4v) is 2.32. The van der Waals surface area contributed by atoms with E-state index in [-0.39, 0.29) is 6.10 Å². The van der Waals surface area contributed by atoms with Crippen LogP contribution in [0.2, 0.25) is 0 Å². The molecule has 4 heteroatoms. The molecule has 24 heavy (non-hydrogen) atoms. The fourth-order valence-electron chi connectivity index (χ4n) is 2.32. The smallest absolute Gasteiger partial charge is 0.119 e. The summed E-state index contributed by atoms with van der Waals surface area (Å²) in [4.78, 5) is 0. The molecule has 2 aromatic carbocycles. The third-order valence-corrected chi connectivity index (χ3v) is 3.42. The zero-order valence-electron chi connectivity index (χ0n) is 14.8. The van der Waals surface area contributed by atoms with Gasteiger partial charge in [0.2, 0.25) is 0 Å². The van der Waals surface area contributed by atoms with E-state index in [1.54, 1.807) is 0 Å². The highest BCUT2D eigenvalue weighted by molar-refractivity contribution is 5.46. The summed E-state index contributed by atoms with van der Waals surface area (Å²) in [6.45, 7) is 9.39. The number of rotatable bonds is 10. The Hall–Kier alpha value is -2.20.